The van der Waals surface area contributed by atoms with Gasteiger partial charge >= 0.3 is 0 Å². The van der Waals surface area contributed by atoms with Gasteiger partial charge in [0.05, 0.1) is 4.90 Å². The van der Waals surface area contributed by atoms with E-state index in [1.165, 1.54) is 24.0 Å². The van der Waals surface area contributed by atoms with E-state index in [0.717, 1.165) is 25.0 Å². The molecule has 0 aliphatic carbocycles. The zero-order valence-corrected chi connectivity index (χ0v) is 13.9. The summed E-state index contributed by atoms with van der Waals surface area (Å²) in [6, 6.07) is 4.39. The molecule has 0 bridgehead atoms. The summed E-state index contributed by atoms with van der Waals surface area (Å²) in [4.78, 5) is 13.8. The normalized spacial score (nSPS) is 20.1. The first kappa shape index (κ1) is 18.9. The molecule has 1 aliphatic heterocycles. The number of nitrogens with zero attached hydrogens (tertiary/aromatic N) is 1. The van der Waals surface area contributed by atoms with Gasteiger partial charge in [0, 0.05) is 19.1 Å². The molecule has 1 aromatic carbocycles. The minimum Gasteiger partial charge on any atom is -0.340 e. The third-order valence-electron chi connectivity index (χ3n) is 3.72. The summed E-state index contributed by atoms with van der Waals surface area (Å²) in [5.74, 6) is -0.968. The number of piperidine rings is 1. The molecule has 1 heterocycles. The summed E-state index contributed by atoms with van der Waals surface area (Å²) in [6.07, 6.45) is 1.61. The van der Waals surface area contributed by atoms with Gasteiger partial charge in [-0.05, 0) is 44.0 Å². The Balaban J connectivity index is 0.00000242. The molecular weight excluding hydrogens is 331 g/mol. The number of carbonyl (C=O) groups excluding carboxylic acids is 1. The quantitative estimate of drug-likeness (QED) is 0.835. The molecule has 2 atom stereocenters. The number of amides is 1. The van der Waals surface area contributed by atoms with Crippen molar-refractivity contribution < 1.29 is 17.6 Å². The number of benzene rings is 1. The van der Waals surface area contributed by atoms with Crippen LogP contribution in [0.15, 0.2) is 29.2 Å². The van der Waals surface area contributed by atoms with Crippen LogP contribution in [0.5, 0.6) is 0 Å². The predicted octanol–water partition coefficient (Wildman–Crippen LogP) is 1.36. The lowest BCUT2D eigenvalue weighted by atomic mass is 10.1. The average Bonchev–Trinajstić information content (AvgIpc) is 2.46. The first-order valence-corrected chi connectivity index (χ1v) is 8.41. The number of hydrogen-bond donors (Lipinski definition) is 1. The van der Waals surface area contributed by atoms with Crippen molar-refractivity contribution in [3.05, 3.63) is 30.1 Å². The van der Waals surface area contributed by atoms with E-state index in [9.17, 15) is 17.6 Å². The Bertz CT molecular complexity index is 621. The molecule has 0 radical (unpaired) electrons. The van der Waals surface area contributed by atoms with Crippen LogP contribution in [-0.4, -0.2) is 43.6 Å². The van der Waals surface area contributed by atoms with Gasteiger partial charge in [0.1, 0.15) is 11.1 Å². The number of sulfone groups is 1. The fourth-order valence-corrected chi connectivity index (χ4v) is 3.77. The molecule has 1 fully saturated rings. The maximum Gasteiger partial charge on any atom is 0.241 e. The molecule has 1 aliphatic rings. The van der Waals surface area contributed by atoms with E-state index in [2.05, 4.69) is 0 Å². The van der Waals surface area contributed by atoms with E-state index in [-0.39, 0.29) is 23.3 Å². The standard InChI is InChI=1S/C14H19FN2O3S.ClH/c1-10(14(18)17-8-2-3-12(16)9-17)21(19,20)13-6-4-11(15)5-7-13;/h4-7,10,12H,2-3,8-9,16H2,1H3;1H. The lowest BCUT2D eigenvalue weighted by molar-refractivity contribution is -0.131. The van der Waals surface area contributed by atoms with Crippen molar-refractivity contribution >= 4 is 28.2 Å². The van der Waals surface area contributed by atoms with Gasteiger partial charge in [-0.15, -0.1) is 12.4 Å². The number of halogens is 2. The molecule has 1 saturated heterocycles. The number of hydrogen-bond acceptors (Lipinski definition) is 4. The van der Waals surface area contributed by atoms with Crippen molar-refractivity contribution in [2.24, 2.45) is 5.73 Å². The van der Waals surface area contributed by atoms with Gasteiger partial charge < -0.3 is 10.6 Å². The number of rotatable bonds is 3. The monoisotopic (exact) mass is 350 g/mol. The predicted molar refractivity (Wildman–Crippen MR) is 84.1 cm³/mol. The molecule has 0 aromatic heterocycles. The Labute approximate surface area is 136 Å². The van der Waals surface area contributed by atoms with Crippen molar-refractivity contribution in [2.45, 2.75) is 36.0 Å². The summed E-state index contributed by atoms with van der Waals surface area (Å²) in [7, 11) is -3.82. The van der Waals surface area contributed by atoms with Crippen molar-refractivity contribution in [3.8, 4) is 0 Å². The van der Waals surface area contributed by atoms with Crippen molar-refractivity contribution in [1.82, 2.24) is 4.90 Å². The molecule has 2 unspecified atom stereocenters. The molecule has 124 valence electrons. The van der Waals surface area contributed by atoms with Gasteiger partial charge in [-0.25, -0.2) is 12.8 Å². The average molecular weight is 351 g/mol. The van der Waals surface area contributed by atoms with Gasteiger partial charge in [-0.1, -0.05) is 0 Å². The summed E-state index contributed by atoms with van der Waals surface area (Å²) >= 11 is 0. The van der Waals surface area contributed by atoms with Crippen LogP contribution in [-0.2, 0) is 14.6 Å². The van der Waals surface area contributed by atoms with E-state index < -0.39 is 26.8 Å². The van der Waals surface area contributed by atoms with Crippen molar-refractivity contribution in [3.63, 3.8) is 0 Å². The summed E-state index contributed by atoms with van der Waals surface area (Å²) in [6.45, 7) is 2.26. The topological polar surface area (TPSA) is 80.5 Å². The Morgan fingerprint density at radius 2 is 1.95 bits per heavy atom. The second-order valence-corrected chi connectivity index (χ2v) is 7.60. The molecule has 0 saturated carbocycles. The van der Waals surface area contributed by atoms with E-state index in [4.69, 9.17) is 5.73 Å². The molecule has 5 nitrogen and oxygen atoms in total. The number of likely N-dealkylation sites (tertiary alicyclic amines) is 1. The highest BCUT2D eigenvalue weighted by Gasteiger charge is 2.34. The highest BCUT2D eigenvalue weighted by atomic mass is 35.5. The van der Waals surface area contributed by atoms with E-state index in [1.54, 1.807) is 0 Å². The van der Waals surface area contributed by atoms with Crippen LogP contribution in [0.4, 0.5) is 4.39 Å². The minimum atomic E-state index is -3.82. The second kappa shape index (κ2) is 7.39. The molecule has 1 amide bonds. The van der Waals surface area contributed by atoms with Gasteiger partial charge in [0.2, 0.25) is 5.91 Å². The van der Waals surface area contributed by atoms with Crippen LogP contribution in [0.3, 0.4) is 0 Å². The molecule has 2 N–H and O–H groups in total. The third-order valence-corrected chi connectivity index (χ3v) is 5.79. The van der Waals surface area contributed by atoms with Crippen LogP contribution in [0.25, 0.3) is 0 Å². The molecule has 22 heavy (non-hydrogen) atoms. The maximum absolute atomic E-state index is 12.9. The van der Waals surface area contributed by atoms with Crippen LogP contribution in [0, 0.1) is 5.82 Å². The molecule has 2 rings (SSSR count). The summed E-state index contributed by atoms with van der Waals surface area (Å²) in [5.41, 5.74) is 5.81. The SMILES string of the molecule is CC(C(=O)N1CCCC(N)C1)S(=O)(=O)c1ccc(F)cc1.Cl. The lowest BCUT2D eigenvalue weighted by Gasteiger charge is -2.32. The molecular formula is C14H20ClFN2O3S. The largest absolute Gasteiger partial charge is 0.340 e. The number of nitrogens with two attached hydrogens (primary N) is 1. The third kappa shape index (κ3) is 3.97. The van der Waals surface area contributed by atoms with Gasteiger partial charge in [-0.3, -0.25) is 4.79 Å². The van der Waals surface area contributed by atoms with Crippen molar-refractivity contribution in [1.29, 1.82) is 0 Å². The summed E-state index contributed by atoms with van der Waals surface area (Å²) in [5, 5.41) is -1.20. The fourth-order valence-electron chi connectivity index (χ4n) is 2.43. The minimum absolute atomic E-state index is 0. The highest BCUT2D eigenvalue weighted by Crippen LogP contribution is 2.19. The van der Waals surface area contributed by atoms with Crippen LogP contribution >= 0.6 is 12.4 Å². The van der Waals surface area contributed by atoms with Crippen LogP contribution < -0.4 is 5.73 Å². The number of carbonyl (C=O) groups is 1. The summed E-state index contributed by atoms with van der Waals surface area (Å²) < 4.78 is 37.7. The van der Waals surface area contributed by atoms with E-state index >= 15 is 0 Å². The fraction of sp³-hybridized carbons (Fsp3) is 0.500. The highest BCUT2D eigenvalue weighted by molar-refractivity contribution is 7.92. The Morgan fingerprint density at radius 3 is 2.50 bits per heavy atom. The molecule has 0 spiro atoms. The maximum atomic E-state index is 12.9. The Morgan fingerprint density at radius 1 is 1.36 bits per heavy atom. The molecule has 8 heteroatoms. The second-order valence-electron chi connectivity index (χ2n) is 5.33. The van der Waals surface area contributed by atoms with Gasteiger partial charge in [0.25, 0.3) is 0 Å². The Hall–Kier alpha value is -1.18. The first-order chi connectivity index (χ1) is 9.82. The van der Waals surface area contributed by atoms with Crippen LogP contribution in [0.1, 0.15) is 19.8 Å². The first-order valence-electron chi connectivity index (χ1n) is 6.86. The van der Waals surface area contributed by atoms with Crippen molar-refractivity contribution in [2.75, 3.05) is 13.1 Å². The van der Waals surface area contributed by atoms with E-state index in [0.29, 0.717) is 13.1 Å². The lowest BCUT2D eigenvalue weighted by Crippen LogP contribution is -2.50. The smallest absolute Gasteiger partial charge is 0.241 e. The van der Waals surface area contributed by atoms with Crippen LogP contribution in [0.2, 0.25) is 0 Å². The molecule has 1 aromatic rings. The zero-order valence-electron chi connectivity index (χ0n) is 12.2. The van der Waals surface area contributed by atoms with Gasteiger partial charge in [-0.2, -0.15) is 0 Å². The Kier molecular flexibility index (Phi) is 6.34. The van der Waals surface area contributed by atoms with E-state index in [1.807, 2.05) is 0 Å². The van der Waals surface area contributed by atoms with Gasteiger partial charge in [0.15, 0.2) is 9.84 Å². The zero-order chi connectivity index (χ0) is 15.6.